The monoisotopic (exact) mass is 409 g/mol. The van der Waals surface area contributed by atoms with Crippen molar-refractivity contribution in [3.8, 4) is 0 Å². The van der Waals surface area contributed by atoms with Crippen LogP contribution < -0.4 is 0 Å². The maximum atomic E-state index is 12.1. The third-order valence-electron chi connectivity index (χ3n) is 2.82. The van der Waals surface area contributed by atoms with Crippen molar-refractivity contribution in [2.75, 3.05) is 48.1 Å². The van der Waals surface area contributed by atoms with Crippen LogP contribution in [0.1, 0.15) is 13.3 Å². The molecule has 0 aromatic rings. The van der Waals surface area contributed by atoms with Gasteiger partial charge in [0, 0.05) is 23.5 Å². The van der Waals surface area contributed by atoms with Crippen molar-refractivity contribution in [2.24, 2.45) is 0 Å². The predicted octanol–water partition coefficient (Wildman–Crippen LogP) is 0.881. The van der Waals surface area contributed by atoms with Gasteiger partial charge in [0.1, 0.15) is 0 Å². The van der Waals surface area contributed by atoms with Crippen LogP contribution in [0.15, 0.2) is 10.6 Å². The first kappa shape index (κ1) is 22.6. The minimum Gasteiger partial charge on any atom is -0.466 e. The lowest BCUT2D eigenvalue weighted by atomic mass is 10.0. The van der Waals surface area contributed by atoms with Gasteiger partial charge in [-0.15, -0.1) is 0 Å². The van der Waals surface area contributed by atoms with E-state index in [1.807, 2.05) is 0 Å². The third-order valence-corrected chi connectivity index (χ3v) is 3.44. The minimum absolute atomic E-state index is 0.0193. The van der Waals surface area contributed by atoms with Gasteiger partial charge in [-0.05, 0) is 21.0 Å². The van der Waals surface area contributed by atoms with Gasteiger partial charge >= 0.3 is 17.9 Å². The first-order valence-electron chi connectivity index (χ1n) is 7.21. The van der Waals surface area contributed by atoms with Crippen LogP contribution in [0.4, 0.5) is 0 Å². The van der Waals surface area contributed by atoms with Gasteiger partial charge in [0.25, 0.3) is 5.60 Å². The SMILES string of the molecule is CCOC(=O)/C=C(\Br)CCOC(CN(C)C)(C(=O)OC)C(=O)OC. The summed E-state index contributed by atoms with van der Waals surface area (Å²) in [6.07, 6.45) is 1.51. The second-order valence-corrected chi connectivity index (χ2v) is 6.01. The molecule has 24 heavy (non-hydrogen) atoms. The van der Waals surface area contributed by atoms with Crippen LogP contribution in [-0.2, 0) is 33.3 Å². The van der Waals surface area contributed by atoms with E-state index in [9.17, 15) is 14.4 Å². The number of halogens is 1. The molecule has 0 aromatic heterocycles. The molecule has 0 spiro atoms. The fourth-order valence-corrected chi connectivity index (χ4v) is 2.21. The third kappa shape index (κ3) is 6.98. The zero-order chi connectivity index (χ0) is 18.8. The number of ether oxygens (including phenoxy) is 4. The van der Waals surface area contributed by atoms with Crippen molar-refractivity contribution < 1.29 is 33.3 Å². The molecule has 0 radical (unpaired) electrons. The van der Waals surface area contributed by atoms with Gasteiger partial charge in [-0.1, -0.05) is 15.9 Å². The highest BCUT2D eigenvalue weighted by molar-refractivity contribution is 9.11. The summed E-state index contributed by atoms with van der Waals surface area (Å²) >= 11 is 3.21. The summed E-state index contributed by atoms with van der Waals surface area (Å²) in [5.74, 6) is -2.20. The molecule has 0 saturated heterocycles. The molecule has 0 unspecified atom stereocenters. The van der Waals surface area contributed by atoms with Gasteiger partial charge in [-0.2, -0.15) is 0 Å². The molecule has 0 aliphatic carbocycles. The van der Waals surface area contributed by atoms with Crippen molar-refractivity contribution in [1.29, 1.82) is 0 Å². The van der Waals surface area contributed by atoms with Crippen LogP contribution in [-0.4, -0.2) is 76.5 Å². The van der Waals surface area contributed by atoms with Crippen molar-refractivity contribution >= 4 is 33.8 Å². The molecule has 0 amide bonds. The van der Waals surface area contributed by atoms with E-state index in [-0.39, 0.29) is 26.2 Å². The molecule has 0 saturated carbocycles. The lowest BCUT2D eigenvalue weighted by molar-refractivity contribution is -0.189. The molecule has 138 valence electrons. The smallest absolute Gasteiger partial charge is 0.351 e. The number of nitrogens with zero attached hydrogens (tertiary/aromatic N) is 1. The summed E-state index contributed by atoms with van der Waals surface area (Å²) in [6, 6.07) is 0. The van der Waals surface area contributed by atoms with Crippen molar-refractivity contribution in [3.63, 3.8) is 0 Å². The molecular formula is C15H24BrNO7. The minimum atomic E-state index is -1.90. The number of hydrogen-bond donors (Lipinski definition) is 0. The molecule has 0 bridgehead atoms. The van der Waals surface area contributed by atoms with E-state index in [0.29, 0.717) is 4.48 Å². The number of methoxy groups -OCH3 is 2. The Kier molecular flexibility index (Phi) is 10.5. The van der Waals surface area contributed by atoms with E-state index in [1.54, 1.807) is 25.9 Å². The lowest BCUT2D eigenvalue weighted by Gasteiger charge is -2.30. The number of carbonyl (C=O) groups is 3. The molecule has 0 rings (SSSR count). The molecule has 0 heterocycles. The predicted molar refractivity (Wildman–Crippen MR) is 89.5 cm³/mol. The molecule has 0 N–H and O–H groups in total. The van der Waals surface area contributed by atoms with Crippen molar-refractivity contribution in [2.45, 2.75) is 18.9 Å². The fourth-order valence-electron chi connectivity index (χ4n) is 1.86. The topological polar surface area (TPSA) is 91.4 Å². The largest absolute Gasteiger partial charge is 0.466 e. The van der Waals surface area contributed by atoms with Crippen LogP contribution in [0.2, 0.25) is 0 Å². The van der Waals surface area contributed by atoms with Gasteiger partial charge in [-0.25, -0.2) is 14.4 Å². The lowest BCUT2D eigenvalue weighted by Crippen LogP contribution is -2.57. The average molecular weight is 410 g/mol. The summed E-state index contributed by atoms with van der Waals surface area (Å²) in [4.78, 5) is 37.2. The highest BCUT2D eigenvalue weighted by atomic mass is 79.9. The first-order valence-corrected chi connectivity index (χ1v) is 8.01. The Morgan fingerprint density at radius 3 is 2.08 bits per heavy atom. The maximum absolute atomic E-state index is 12.1. The fraction of sp³-hybridized carbons (Fsp3) is 0.667. The summed E-state index contributed by atoms with van der Waals surface area (Å²) in [7, 11) is 5.69. The molecule has 0 fully saturated rings. The summed E-state index contributed by atoms with van der Waals surface area (Å²) in [6.45, 7) is 1.90. The quantitative estimate of drug-likeness (QED) is 0.227. The number of rotatable bonds is 10. The Morgan fingerprint density at radius 2 is 1.67 bits per heavy atom. The summed E-state index contributed by atoms with van der Waals surface area (Å²) in [5, 5.41) is 0. The Labute approximate surface area is 150 Å². The Morgan fingerprint density at radius 1 is 1.12 bits per heavy atom. The first-order chi connectivity index (χ1) is 11.2. The van der Waals surface area contributed by atoms with Crippen LogP contribution >= 0.6 is 15.9 Å². The second kappa shape index (κ2) is 11.2. The molecule has 0 aliphatic rings. The van der Waals surface area contributed by atoms with Crippen LogP contribution in [0, 0.1) is 0 Å². The normalized spacial score (nSPS) is 12.0. The van der Waals surface area contributed by atoms with Gasteiger partial charge in [0.05, 0.1) is 27.4 Å². The maximum Gasteiger partial charge on any atom is 0.351 e. The zero-order valence-corrected chi connectivity index (χ0v) is 16.2. The number of esters is 3. The van der Waals surface area contributed by atoms with Crippen LogP contribution in [0.25, 0.3) is 0 Å². The van der Waals surface area contributed by atoms with Gasteiger partial charge in [0.2, 0.25) is 0 Å². The van der Waals surface area contributed by atoms with E-state index in [1.165, 1.54) is 6.08 Å². The van der Waals surface area contributed by atoms with E-state index in [4.69, 9.17) is 18.9 Å². The molecule has 0 aromatic carbocycles. The second-order valence-electron chi connectivity index (χ2n) is 4.99. The van der Waals surface area contributed by atoms with E-state index in [0.717, 1.165) is 14.2 Å². The van der Waals surface area contributed by atoms with Crippen molar-refractivity contribution in [1.82, 2.24) is 4.90 Å². The summed E-state index contributed by atoms with van der Waals surface area (Å²) < 4.78 is 20.2. The highest BCUT2D eigenvalue weighted by Crippen LogP contribution is 2.20. The molecule has 9 heteroatoms. The van der Waals surface area contributed by atoms with Gasteiger partial charge in [-0.3, -0.25) is 0 Å². The van der Waals surface area contributed by atoms with Gasteiger partial charge < -0.3 is 23.8 Å². The number of likely N-dealkylation sites (N-methyl/N-ethyl adjacent to an activating group) is 1. The standard InChI is InChI=1S/C15H24BrNO7/c1-6-23-12(18)9-11(16)7-8-24-15(10-17(2)3,13(19)21-4)14(20)22-5/h9H,6-8,10H2,1-5H3/b11-9-. The Hall–Kier alpha value is -1.45. The average Bonchev–Trinajstić information content (AvgIpc) is 2.51. The molecular weight excluding hydrogens is 386 g/mol. The van der Waals surface area contributed by atoms with Crippen molar-refractivity contribution in [3.05, 3.63) is 10.6 Å². The van der Waals surface area contributed by atoms with Gasteiger partial charge in [0.15, 0.2) is 0 Å². The number of hydrogen-bond acceptors (Lipinski definition) is 8. The number of carbonyl (C=O) groups excluding carboxylic acids is 3. The van der Waals surface area contributed by atoms with E-state index >= 15 is 0 Å². The van der Waals surface area contributed by atoms with Crippen LogP contribution in [0.3, 0.4) is 0 Å². The van der Waals surface area contributed by atoms with E-state index in [2.05, 4.69) is 15.9 Å². The van der Waals surface area contributed by atoms with Crippen LogP contribution in [0.5, 0.6) is 0 Å². The zero-order valence-electron chi connectivity index (χ0n) is 14.6. The Balaban J connectivity index is 5.10. The molecule has 0 atom stereocenters. The summed E-state index contributed by atoms with van der Waals surface area (Å²) in [5.41, 5.74) is -1.90. The molecule has 0 aliphatic heterocycles. The highest BCUT2D eigenvalue weighted by Gasteiger charge is 2.50. The Bertz CT molecular complexity index is 460. The van der Waals surface area contributed by atoms with E-state index < -0.39 is 23.5 Å². The molecule has 8 nitrogen and oxygen atoms in total.